The second kappa shape index (κ2) is 4.53. The van der Waals surface area contributed by atoms with Crippen molar-refractivity contribution in [2.75, 3.05) is 4.90 Å². The fraction of sp³-hybridized carbons (Fsp3) is 0.692. The Balaban J connectivity index is 1.75. The summed E-state index contributed by atoms with van der Waals surface area (Å²) in [4.78, 5) is 17.9. The molecule has 18 heavy (non-hydrogen) atoms. The number of piperidine rings is 1. The van der Waals surface area contributed by atoms with Crippen molar-refractivity contribution >= 4 is 22.4 Å². The van der Waals surface area contributed by atoms with E-state index >= 15 is 0 Å². The number of carboxylic acid groups (broad SMARTS) is 1. The summed E-state index contributed by atoms with van der Waals surface area (Å²) < 4.78 is 0. The van der Waals surface area contributed by atoms with Crippen LogP contribution in [-0.4, -0.2) is 28.1 Å². The Labute approximate surface area is 111 Å². The Bertz CT molecular complexity index is 446. The Morgan fingerprint density at radius 2 is 2.17 bits per heavy atom. The Hall–Kier alpha value is -1.10. The molecule has 0 aromatic carbocycles. The van der Waals surface area contributed by atoms with E-state index in [-0.39, 0.29) is 0 Å². The lowest BCUT2D eigenvalue weighted by Crippen LogP contribution is -2.43. The maximum absolute atomic E-state index is 10.8. The zero-order valence-electron chi connectivity index (χ0n) is 10.5. The van der Waals surface area contributed by atoms with Gasteiger partial charge >= 0.3 is 5.97 Å². The van der Waals surface area contributed by atoms with Crippen LogP contribution in [0.4, 0.5) is 5.13 Å². The van der Waals surface area contributed by atoms with Gasteiger partial charge in [-0.2, -0.15) is 0 Å². The van der Waals surface area contributed by atoms with Gasteiger partial charge in [0.1, 0.15) is 0 Å². The van der Waals surface area contributed by atoms with E-state index < -0.39 is 5.97 Å². The maximum Gasteiger partial charge on any atom is 0.303 e. The van der Waals surface area contributed by atoms with Gasteiger partial charge in [0, 0.05) is 23.9 Å². The summed E-state index contributed by atoms with van der Waals surface area (Å²) >= 11 is 1.72. The van der Waals surface area contributed by atoms with Crippen LogP contribution in [0.15, 0.2) is 5.38 Å². The molecule has 2 bridgehead atoms. The van der Waals surface area contributed by atoms with Crippen LogP contribution >= 0.6 is 11.3 Å². The first-order valence-electron chi connectivity index (χ1n) is 6.55. The van der Waals surface area contributed by atoms with Crippen molar-refractivity contribution in [3.63, 3.8) is 0 Å². The molecule has 3 heterocycles. The number of carboxylic acids is 1. The van der Waals surface area contributed by atoms with Crippen molar-refractivity contribution in [3.8, 4) is 0 Å². The van der Waals surface area contributed by atoms with E-state index in [1.165, 1.54) is 12.8 Å². The second-order valence-corrected chi connectivity index (χ2v) is 6.34. The van der Waals surface area contributed by atoms with Crippen molar-refractivity contribution in [2.24, 2.45) is 5.92 Å². The van der Waals surface area contributed by atoms with Crippen molar-refractivity contribution in [3.05, 3.63) is 11.1 Å². The molecule has 98 valence electrons. The number of hydrogen-bond donors (Lipinski definition) is 1. The molecule has 4 nitrogen and oxygen atoms in total. The summed E-state index contributed by atoms with van der Waals surface area (Å²) in [5.74, 6) is -0.296. The average molecular weight is 266 g/mol. The molecule has 0 spiro atoms. The highest BCUT2D eigenvalue weighted by atomic mass is 32.1. The smallest absolute Gasteiger partial charge is 0.303 e. The lowest BCUT2D eigenvalue weighted by Gasteiger charge is -2.38. The van der Waals surface area contributed by atoms with E-state index in [0.29, 0.717) is 24.4 Å². The number of anilines is 1. The molecule has 1 aromatic rings. The number of rotatable bonds is 3. The van der Waals surface area contributed by atoms with Crippen molar-refractivity contribution in [1.29, 1.82) is 0 Å². The minimum Gasteiger partial charge on any atom is -0.481 e. The van der Waals surface area contributed by atoms with Gasteiger partial charge < -0.3 is 10.0 Å². The van der Waals surface area contributed by atoms with Crippen molar-refractivity contribution in [1.82, 2.24) is 4.98 Å². The number of aryl methyl sites for hydroxylation is 1. The Kier molecular flexibility index (Phi) is 3.01. The maximum atomic E-state index is 10.8. The summed E-state index contributed by atoms with van der Waals surface area (Å²) in [7, 11) is 0. The quantitative estimate of drug-likeness (QED) is 0.914. The van der Waals surface area contributed by atoms with E-state index in [4.69, 9.17) is 5.11 Å². The molecule has 1 N–H and O–H groups in total. The summed E-state index contributed by atoms with van der Waals surface area (Å²) in [5, 5.41) is 12.1. The molecule has 2 atom stereocenters. The molecule has 0 saturated carbocycles. The lowest BCUT2D eigenvalue weighted by atomic mass is 9.88. The van der Waals surface area contributed by atoms with Gasteiger partial charge in [0.05, 0.1) is 5.69 Å². The topological polar surface area (TPSA) is 53.4 Å². The number of nitrogens with zero attached hydrogens (tertiary/aromatic N) is 2. The van der Waals surface area contributed by atoms with Crippen LogP contribution in [0.3, 0.4) is 0 Å². The lowest BCUT2D eigenvalue weighted by molar-refractivity contribution is -0.138. The molecule has 2 aliphatic rings. The first-order chi connectivity index (χ1) is 8.63. The molecule has 2 aliphatic heterocycles. The van der Waals surface area contributed by atoms with E-state index in [9.17, 15) is 4.79 Å². The molecule has 3 rings (SSSR count). The van der Waals surface area contributed by atoms with Gasteiger partial charge in [0.25, 0.3) is 0 Å². The summed E-state index contributed by atoms with van der Waals surface area (Å²) in [6, 6.07) is 1.03. The monoisotopic (exact) mass is 266 g/mol. The normalized spacial score (nSPS) is 30.7. The largest absolute Gasteiger partial charge is 0.481 e. The second-order valence-electron chi connectivity index (χ2n) is 5.50. The number of aliphatic carboxylic acids is 1. The third kappa shape index (κ3) is 2.11. The molecule has 1 aromatic heterocycles. The summed E-state index contributed by atoms with van der Waals surface area (Å²) in [6.07, 6.45) is 4.75. The van der Waals surface area contributed by atoms with Crippen LogP contribution in [0.1, 0.15) is 37.8 Å². The Morgan fingerprint density at radius 1 is 1.50 bits per heavy atom. The van der Waals surface area contributed by atoms with Crippen LogP contribution in [0, 0.1) is 12.8 Å². The minimum atomic E-state index is -0.655. The zero-order chi connectivity index (χ0) is 12.7. The van der Waals surface area contributed by atoms with Gasteiger partial charge in [-0.1, -0.05) is 0 Å². The first kappa shape index (κ1) is 12.0. The van der Waals surface area contributed by atoms with E-state index in [0.717, 1.165) is 23.7 Å². The highest BCUT2D eigenvalue weighted by Crippen LogP contribution is 2.43. The van der Waals surface area contributed by atoms with E-state index in [2.05, 4.69) is 15.3 Å². The highest BCUT2D eigenvalue weighted by Gasteiger charge is 2.42. The molecule has 2 saturated heterocycles. The number of thiazole rings is 1. The fourth-order valence-corrected chi connectivity index (χ4v) is 4.42. The van der Waals surface area contributed by atoms with Gasteiger partial charge in [-0.3, -0.25) is 4.79 Å². The molecule has 2 fully saturated rings. The average Bonchev–Trinajstić information content (AvgIpc) is 2.80. The molecular weight excluding hydrogens is 248 g/mol. The molecule has 0 radical (unpaired) electrons. The predicted octanol–water partition coefficient (Wildman–Crippen LogP) is 2.67. The van der Waals surface area contributed by atoms with Gasteiger partial charge in [-0.15, -0.1) is 11.3 Å². The van der Waals surface area contributed by atoms with Gasteiger partial charge in [-0.05, 0) is 38.5 Å². The SMILES string of the molecule is Cc1csc(N2C3CCC2CC(CC(=O)O)C3)n1. The zero-order valence-corrected chi connectivity index (χ0v) is 11.3. The van der Waals surface area contributed by atoms with E-state index in [1.54, 1.807) is 11.3 Å². The fourth-order valence-electron chi connectivity index (χ4n) is 3.48. The van der Waals surface area contributed by atoms with Gasteiger partial charge in [-0.25, -0.2) is 4.98 Å². The molecule has 5 heteroatoms. The van der Waals surface area contributed by atoms with Crippen LogP contribution in [0.5, 0.6) is 0 Å². The third-order valence-electron chi connectivity index (χ3n) is 4.12. The summed E-state index contributed by atoms with van der Waals surface area (Å²) in [5.41, 5.74) is 1.09. The van der Waals surface area contributed by atoms with Gasteiger partial charge in [0.15, 0.2) is 5.13 Å². The standard InChI is InChI=1S/C13H18N2O2S/c1-8-7-18-13(14-8)15-10-2-3-11(15)5-9(4-10)6-12(16)17/h7,9-11H,2-6H2,1H3,(H,16,17). The number of hydrogen-bond acceptors (Lipinski definition) is 4. The Morgan fingerprint density at radius 3 is 2.67 bits per heavy atom. The van der Waals surface area contributed by atoms with E-state index in [1.807, 2.05) is 6.92 Å². The number of fused-ring (bicyclic) bond motifs is 2. The predicted molar refractivity (Wildman–Crippen MR) is 71.1 cm³/mol. The van der Waals surface area contributed by atoms with Gasteiger partial charge in [0.2, 0.25) is 0 Å². The number of carbonyl (C=O) groups is 1. The van der Waals surface area contributed by atoms with Crippen molar-refractivity contribution < 1.29 is 9.90 Å². The van der Waals surface area contributed by atoms with Crippen LogP contribution in [0.2, 0.25) is 0 Å². The molecule has 0 aliphatic carbocycles. The van der Waals surface area contributed by atoms with Crippen molar-refractivity contribution in [2.45, 2.75) is 51.1 Å². The number of aromatic nitrogens is 1. The van der Waals surface area contributed by atoms with Crippen LogP contribution in [0.25, 0.3) is 0 Å². The molecule has 2 unspecified atom stereocenters. The highest BCUT2D eigenvalue weighted by molar-refractivity contribution is 7.13. The molecular formula is C13H18N2O2S. The first-order valence-corrected chi connectivity index (χ1v) is 7.43. The van der Waals surface area contributed by atoms with Crippen LogP contribution in [-0.2, 0) is 4.79 Å². The third-order valence-corrected chi connectivity index (χ3v) is 5.09. The summed E-state index contributed by atoms with van der Waals surface area (Å²) in [6.45, 7) is 2.03. The molecule has 0 amide bonds. The minimum absolute atomic E-state index is 0.331. The van der Waals surface area contributed by atoms with Crippen LogP contribution < -0.4 is 4.90 Å².